The monoisotopic (exact) mass is 337 g/mol. The van der Waals surface area contributed by atoms with E-state index in [0.29, 0.717) is 11.8 Å². The van der Waals surface area contributed by atoms with Crippen LogP contribution in [0, 0.1) is 11.8 Å². The van der Waals surface area contributed by atoms with Gasteiger partial charge >= 0.3 is 0 Å². The third-order valence-electron chi connectivity index (χ3n) is 6.19. The van der Waals surface area contributed by atoms with E-state index in [1.807, 2.05) is 30.3 Å². The number of hydrogen-bond acceptors (Lipinski definition) is 3. The summed E-state index contributed by atoms with van der Waals surface area (Å²) in [4.78, 5) is 2.50. The molecule has 3 nitrogen and oxygen atoms in total. The summed E-state index contributed by atoms with van der Waals surface area (Å²) in [5.74, 6) is 0.915. The number of rotatable bonds is 6. The van der Waals surface area contributed by atoms with Crippen LogP contribution in [0.15, 0.2) is 54.6 Å². The molecule has 2 aromatic carbocycles. The molecular formula is C22H27NO2. The lowest BCUT2D eigenvalue weighted by Gasteiger charge is -2.39. The third-order valence-corrected chi connectivity index (χ3v) is 6.19. The van der Waals surface area contributed by atoms with Crippen molar-refractivity contribution in [3.05, 3.63) is 71.3 Å². The van der Waals surface area contributed by atoms with Crippen molar-refractivity contribution in [1.82, 2.24) is 4.90 Å². The fourth-order valence-electron chi connectivity index (χ4n) is 4.81. The van der Waals surface area contributed by atoms with Gasteiger partial charge in [0.05, 0.1) is 12.2 Å². The van der Waals surface area contributed by atoms with Gasteiger partial charge in [-0.2, -0.15) is 0 Å². The second kappa shape index (κ2) is 6.91. The summed E-state index contributed by atoms with van der Waals surface area (Å²) in [6.45, 7) is 3.40. The summed E-state index contributed by atoms with van der Waals surface area (Å²) < 4.78 is 0. The summed E-state index contributed by atoms with van der Waals surface area (Å²) >= 11 is 0. The maximum absolute atomic E-state index is 11.8. The van der Waals surface area contributed by atoms with Gasteiger partial charge in [0.1, 0.15) is 0 Å². The van der Waals surface area contributed by atoms with E-state index in [1.54, 1.807) is 0 Å². The molecule has 2 aromatic rings. The Hall–Kier alpha value is -1.68. The van der Waals surface area contributed by atoms with E-state index in [4.69, 9.17) is 0 Å². The summed E-state index contributed by atoms with van der Waals surface area (Å²) in [5.41, 5.74) is 2.39. The molecule has 2 aliphatic rings. The normalized spacial score (nSPS) is 27.4. The highest BCUT2D eigenvalue weighted by Gasteiger charge is 2.49. The largest absolute Gasteiger partial charge is 0.392 e. The van der Waals surface area contributed by atoms with Crippen molar-refractivity contribution < 1.29 is 10.2 Å². The molecule has 4 atom stereocenters. The fourth-order valence-corrected chi connectivity index (χ4v) is 4.81. The van der Waals surface area contributed by atoms with Crippen molar-refractivity contribution in [2.45, 2.75) is 31.5 Å². The molecule has 0 amide bonds. The minimum atomic E-state index is -0.781. The predicted octanol–water partition coefficient (Wildman–Crippen LogP) is 2.95. The Morgan fingerprint density at radius 2 is 1.80 bits per heavy atom. The van der Waals surface area contributed by atoms with E-state index in [0.717, 1.165) is 37.1 Å². The number of aryl methyl sites for hydroxylation is 1. The van der Waals surface area contributed by atoms with E-state index < -0.39 is 5.60 Å². The number of benzene rings is 2. The maximum atomic E-state index is 11.8. The van der Waals surface area contributed by atoms with Crippen LogP contribution in [-0.4, -0.2) is 34.7 Å². The molecule has 0 radical (unpaired) electrons. The zero-order valence-corrected chi connectivity index (χ0v) is 14.6. The highest BCUT2D eigenvalue weighted by Crippen LogP contribution is 2.46. The third kappa shape index (κ3) is 3.24. The van der Waals surface area contributed by atoms with Crippen LogP contribution in [0.5, 0.6) is 0 Å². The van der Waals surface area contributed by atoms with Crippen molar-refractivity contribution in [1.29, 1.82) is 0 Å². The minimum absolute atomic E-state index is 0.0659. The van der Waals surface area contributed by atoms with Gasteiger partial charge in [-0.05, 0) is 48.4 Å². The number of nitrogens with zero attached hydrogens (tertiary/aromatic N) is 1. The molecule has 25 heavy (non-hydrogen) atoms. The van der Waals surface area contributed by atoms with Crippen LogP contribution in [0.2, 0.25) is 0 Å². The molecule has 2 aliphatic heterocycles. The first-order valence-electron chi connectivity index (χ1n) is 9.38. The number of hydrogen-bond donors (Lipinski definition) is 2. The lowest BCUT2D eigenvalue weighted by molar-refractivity contribution is -0.0495. The van der Waals surface area contributed by atoms with Gasteiger partial charge in [-0.15, -0.1) is 0 Å². The summed E-state index contributed by atoms with van der Waals surface area (Å²) in [7, 11) is 0. The Labute approximate surface area is 149 Å². The molecule has 0 spiro atoms. The first-order valence-corrected chi connectivity index (χ1v) is 9.38. The van der Waals surface area contributed by atoms with Crippen LogP contribution < -0.4 is 0 Å². The fraction of sp³-hybridized carbons (Fsp3) is 0.455. The molecular weight excluding hydrogens is 310 g/mol. The molecule has 0 aromatic heterocycles. The second-order valence-corrected chi connectivity index (χ2v) is 7.68. The summed E-state index contributed by atoms with van der Waals surface area (Å²) in [6, 6.07) is 18.3. The average molecular weight is 337 g/mol. The summed E-state index contributed by atoms with van der Waals surface area (Å²) in [5, 5.41) is 21.2. The Morgan fingerprint density at radius 3 is 2.48 bits per heavy atom. The van der Waals surface area contributed by atoms with Crippen molar-refractivity contribution in [3.63, 3.8) is 0 Å². The van der Waals surface area contributed by atoms with Gasteiger partial charge in [-0.25, -0.2) is 0 Å². The van der Waals surface area contributed by atoms with E-state index in [1.165, 1.54) is 18.5 Å². The first kappa shape index (κ1) is 16.8. The maximum Gasteiger partial charge on any atom is 0.0943 e. The van der Waals surface area contributed by atoms with E-state index >= 15 is 0 Å². The molecule has 2 bridgehead atoms. The minimum Gasteiger partial charge on any atom is -0.392 e. The van der Waals surface area contributed by atoms with Crippen molar-refractivity contribution in [2.75, 3.05) is 19.6 Å². The lowest BCUT2D eigenvalue weighted by atomic mass is 9.71. The van der Waals surface area contributed by atoms with Gasteiger partial charge in [0, 0.05) is 19.0 Å². The van der Waals surface area contributed by atoms with Gasteiger partial charge < -0.3 is 15.1 Å². The molecule has 3 heteroatoms. The molecule has 2 N–H and O–H groups in total. The molecule has 0 aliphatic carbocycles. The van der Waals surface area contributed by atoms with Crippen LogP contribution in [0.3, 0.4) is 0 Å². The van der Waals surface area contributed by atoms with Crippen molar-refractivity contribution in [2.24, 2.45) is 11.8 Å². The average Bonchev–Trinajstić information content (AvgIpc) is 3.31. The van der Waals surface area contributed by atoms with E-state index in [2.05, 4.69) is 29.2 Å². The number of piperidine rings is 1. The van der Waals surface area contributed by atoms with E-state index in [-0.39, 0.29) is 6.61 Å². The Bertz CT molecular complexity index is 717. The van der Waals surface area contributed by atoms with Crippen molar-refractivity contribution >= 4 is 0 Å². The standard InChI is InChI=1S/C22H27NO2/c24-16-18-6-4-5-17(13-18)9-11-22(25,20-7-2-1-3-8-20)21-15-23-12-10-19(21)14-23/h1-8,13,19,21,24-25H,9-12,14-16H2. The van der Waals surface area contributed by atoms with Crippen LogP contribution in [-0.2, 0) is 18.6 Å². The highest BCUT2D eigenvalue weighted by atomic mass is 16.3. The topological polar surface area (TPSA) is 43.7 Å². The van der Waals surface area contributed by atoms with Crippen molar-refractivity contribution in [3.8, 4) is 0 Å². The molecule has 0 saturated carbocycles. The Kier molecular flexibility index (Phi) is 4.63. The Morgan fingerprint density at radius 1 is 1.00 bits per heavy atom. The smallest absolute Gasteiger partial charge is 0.0943 e. The van der Waals surface area contributed by atoms with Gasteiger partial charge in [-0.1, -0.05) is 54.6 Å². The lowest BCUT2D eigenvalue weighted by Crippen LogP contribution is -2.42. The zero-order chi connectivity index (χ0) is 17.3. The first-order chi connectivity index (χ1) is 12.2. The molecule has 2 heterocycles. The van der Waals surface area contributed by atoms with Crippen LogP contribution >= 0.6 is 0 Å². The number of aliphatic hydroxyl groups excluding tert-OH is 1. The van der Waals surface area contributed by atoms with Crippen LogP contribution in [0.25, 0.3) is 0 Å². The molecule has 2 saturated heterocycles. The van der Waals surface area contributed by atoms with Crippen LogP contribution in [0.1, 0.15) is 29.5 Å². The van der Waals surface area contributed by atoms with Gasteiger partial charge in [0.15, 0.2) is 0 Å². The quantitative estimate of drug-likeness (QED) is 0.852. The zero-order valence-electron chi connectivity index (χ0n) is 14.6. The Balaban J connectivity index is 1.59. The predicted molar refractivity (Wildman–Crippen MR) is 99.1 cm³/mol. The second-order valence-electron chi connectivity index (χ2n) is 7.68. The van der Waals surface area contributed by atoms with Crippen LogP contribution in [0.4, 0.5) is 0 Å². The van der Waals surface area contributed by atoms with Gasteiger partial charge in [0.25, 0.3) is 0 Å². The molecule has 4 rings (SSSR count). The molecule has 2 fully saturated rings. The number of fused-ring (bicyclic) bond motifs is 2. The molecule has 4 unspecified atom stereocenters. The van der Waals surface area contributed by atoms with Gasteiger partial charge in [-0.3, -0.25) is 0 Å². The van der Waals surface area contributed by atoms with Gasteiger partial charge in [0.2, 0.25) is 0 Å². The molecule has 132 valence electrons. The number of aliphatic hydroxyl groups is 2. The van der Waals surface area contributed by atoms with E-state index in [9.17, 15) is 10.2 Å². The summed E-state index contributed by atoms with van der Waals surface area (Å²) in [6.07, 6.45) is 2.75. The highest BCUT2D eigenvalue weighted by molar-refractivity contribution is 5.27. The SMILES string of the molecule is OCc1cccc(CCC(O)(c2ccccc2)C2CN3CCC2C3)c1.